The van der Waals surface area contributed by atoms with Gasteiger partial charge in [-0.3, -0.25) is 19.6 Å². The Morgan fingerprint density at radius 2 is 1.80 bits per heavy atom. The number of anilines is 2. The molecule has 1 amide bonds. The van der Waals surface area contributed by atoms with Crippen LogP contribution < -0.4 is 44.9 Å². The van der Waals surface area contributed by atoms with Gasteiger partial charge in [0.1, 0.15) is 5.76 Å². The molecule has 3 rings (SSSR count). The summed E-state index contributed by atoms with van der Waals surface area (Å²) in [6.45, 7) is 5.07. The van der Waals surface area contributed by atoms with Crippen molar-refractivity contribution in [3.05, 3.63) is 87.7 Å². The first-order valence-electron chi connectivity index (χ1n) is 9.99. The van der Waals surface area contributed by atoms with Gasteiger partial charge in [-0.05, 0) is 79.9 Å². The molecule has 1 aromatic heterocycles. The summed E-state index contributed by atoms with van der Waals surface area (Å²) >= 11 is 10.5. The van der Waals surface area contributed by atoms with E-state index in [4.69, 9.17) is 29.2 Å². The molecule has 0 aliphatic heterocycles. The minimum Gasteiger partial charge on any atom is -0.548 e. The van der Waals surface area contributed by atoms with E-state index in [1.165, 1.54) is 12.0 Å². The maximum atomic E-state index is 12.8. The Hall–Kier alpha value is -2.96. The van der Waals surface area contributed by atoms with Gasteiger partial charge in [0.2, 0.25) is 0 Å². The van der Waals surface area contributed by atoms with Crippen LogP contribution >= 0.6 is 24.4 Å². The number of amides is 1. The van der Waals surface area contributed by atoms with Crippen LogP contribution in [-0.2, 0) is 9.53 Å². The fraction of sp³-hybridized carbons (Fsp3) is 0.130. The SMILES string of the molecule is C=C(/C=C(/C)N(CC(=O)[O-])c1ccc(C(=O)Nc2cccc(-n3c(=S)[nH][nH]c3=S)c2)cc1)OC.[Na+]. The van der Waals surface area contributed by atoms with E-state index in [9.17, 15) is 14.7 Å². The topological polar surface area (TPSA) is 118 Å². The molecule has 0 fully saturated rings. The van der Waals surface area contributed by atoms with Crippen LogP contribution in [0, 0.1) is 9.54 Å². The maximum Gasteiger partial charge on any atom is 1.00 e. The number of carbonyl (C=O) groups excluding carboxylic acids is 2. The Bertz CT molecular complexity index is 1350. The van der Waals surface area contributed by atoms with Crippen LogP contribution in [0.4, 0.5) is 11.4 Å². The van der Waals surface area contributed by atoms with Gasteiger partial charge in [-0.2, -0.15) is 0 Å². The van der Waals surface area contributed by atoms with Crippen LogP contribution in [0.1, 0.15) is 17.3 Å². The van der Waals surface area contributed by atoms with E-state index in [-0.39, 0.29) is 42.0 Å². The molecule has 12 heteroatoms. The van der Waals surface area contributed by atoms with Crippen LogP contribution in [0.25, 0.3) is 5.69 Å². The summed E-state index contributed by atoms with van der Waals surface area (Å²) in [6.07, 6.45) is 1.61. The molecule has 0 spiro atoms. The van der Waals surface area contributed by atoms with Crippen molar-refractivity contribution in [2.45, 2.75) is 6.92 Å². The van der Waals surface area contributed by atoms with E-state index in [1.54, 1.807) is 60.0 Å². The van der Waals surface area contributed by atoms with Crippen molar-refractivity contribution in [1.29, 1.82) is 0 Å². The van der Waals surface area contributed by atoms with E-state index in [0.29, 0.717) is 43.6 Å². The number of H-pyrrole nitrogens is 2. The summed E-state index contributed by atoms with van der Waals surface area (Å²) in [4.78, 5) is 25.6. The van der Waals surface area contributed by atoms with Gasteiger partial charge < -0.3 is 24.9 Å². The quantitative estimate of drug-likeness (QED) is 0.163. The fourth-order valence-electron chi connectivity index (χ4n) is 3.18. The molecule has 3 N–H and O–H groups in total. The molecule has 0 atom stereocenters. The minimum atomic E-state index is -1.25. The number of rotatable bonds is 9. The number of ether oxygens (including phenoxy) is 1. The van der Waals surface area contributed by atoms with Gasteiger partial charge in [0, 0.05) is 22.6 Å². The molecule has 35 heavy (non-hydrogen) atoms. The molecule has 1 heterocycles. The summed E-state index contributed by atoms with van der Waals surface area (Å²) in [5.41, 5.74) is 2.79. The fourth-order valence-corrected chi connectivity index (χ4v) is 3.74. The Kier molecular flexibility index (Phi) is 10.2. The standard InChI is InChI=1S/C23H23N5O4S2.Na/c1-14(11-15(2)32-3)27(13-20(29)30)18-9-7-16(8-10-18)21(31)24-17-5-4-6-19(12-17)28-22(33)25-26-23(28)34;/h4-12H,2,13H2,1,3H3,(H,24,31)(H,25,33)(H,26,34)(H,29,30);/q;+1/p-1/b14-11-;. The minimum absolute atomic E-state index is 0. The van der Waals surface area contributed by atoms with Crippen molar-refractivity contribution < 1.29 is 49.0 Å². The normalized spacial score (nSPS) is 10.7. The Morgan fingerprint density at radius 1 is 1.17 bits per heavy atom. The predicted octanol–water partition coefficient (Wildman–Crippen LogP) is 0.469. The average Bonchev–Trinajstić information content (AvgIpc) is 3.15. The molecule has 0 saturated carbocycles. The van der Waals surface area contributed by atoms with Crippen molar-refractivity contribution in [3.63, 3.8) is 0 Å². The van der Waals surface area contributed by atoms with Gasteiger partial charge in [0.05, 0.1) is 25.3 Å². The van der Waals surface area contributed by atoms with Crippen LogP contribution in [0.5, 0.6) is 0 Å². The summed E-state index contributed by atoms with van der Waals surface area (Å²) in [7, 11) is 1.47. The number of carboxylic acid groups (broad SMARTS) is 1. The van der Waals surface area contributed by atoms with E-state index in [0.717, 1.165) is 0 Å². The molecule has 3 aromatic rings. The molecular formula is C23H22N5NaO4S2. The van der Waals surface area contributed by atoms with E-state index < -0.39 is 5.97 Å². The second kappa shape index (κ2) is 12.7. The summed E-state index contributed by atoms with van der Waals surface area (Å²) in [5, 5.41) is 19.6. The van der Waals surface area contributed by atoms with E-state index >= 15 is 0 Å². The second-order valence-electron chi connectivity index (χ2n) is 7.16. The number of benzene rings is 2. The van der Waals surface area contributed by atoms with E-state index in [2.05, 4.69) is 22.1 Å². The third-order valence-electron chi connectivity index (χ3n) is 4.83. The summed E-state index contributed by atoms with van der Waals surface area (Å²) in [6, 6.07) is 13.6. The van der Waals surface area contributed by atoms with Gasteiger partial charge in [0.25, 0.3) is 5.91 Å². The zero-order valence-corrected chi connectivity index (χ0v) is 23.1. The first-order valence-corrected chi connectivity index (χ1v) is 10.8. The number of hydrogen-bond donors (Lipinski definition) is 3. The first kappa shape index (κ1) is 28.3. The van der Waals surface area contributed by atoms with Crippen LogP contribution in [0.3, 0.4) is 0 Å². The number of hydrogen-bond acceptors (Lipinski definition) is 7. The molecule has 0 unspecified atom stereocenters. The van der Waals surface area contributed by atoms with Crippen molar-refractivity contribution in [2.75, 3.05) is 23.9 Å². The third-order valence-corrected chi connectivity index (χ3v) is 5.40. The maximum absolute atomic E-state index is 12.8. The largest absolute Gasteiger partial charge is 1.00 e. The number of aliphatic carboxylic acids is 1. The number of allylic oxidation sites excluding steroid dienone is 2. The van der Waals surface area contributed by atoms with Crippen LogP contribution in [0.15, 0.2) is 72.6 Å². The molecular weight excluding hydrogens is 497 g/mol. The van der Waals surface area contributed by atoms with Crippen LogP contribution in [-0.4, -0.2) is 40.3 Å². The van der Waals surface area contributed by atoms with Crippen molar-refractivity contribution in [1.82, 2.24) is 14.8 Å². The number of aromatic amines is 2. The molecule has 0 saturated heterocycles. The number of aromatic nitrogens is 3. The number of carboxylic acids is 1. The molecule has 0 bridgehead atoms. The Labute approximate surface area is 234 Å². The van der Waals surface area contributed by atoms with Gasteiger partial charge >= 0.3 is 29.6 Å². The summed E-state index contributed by atoms with van der Waals surface area (Å²) in [5.74, 6) is -1.21. The average molecular weight is 520 g/mol. The van der Waals surface area contributed by atoms with Crippen molar-refractivity contribution in [2.24, 2.45) is 0 Å². The molecule has 0 radical (unpaired) electrons. The first-order chi connectivity index (χ1) is 16.2. The molecule has 0 aliphatic rings. The molecule has 0 aliphatic carbocycles. The number of carbonyl (C=O) groups is 2. The molecule has 176 valence electrons. The van der Waals surface area contributed by atoms with Crippen molar-refractivity contribution >= 4 is 47.7 Å². The van der Waals surface area contributed by atoms with Gasteiger partial charge in [-0.15, -0.1) is 0 Å². The summed E-state index contributed by atoms with van der Waals surface area (Å²) < 4.78 is 7.48. The number of methoxy groups -OCH3 is 1. The second-order valence-corrected chi connectivity index (χ2v) is 7.93. The van der Waals surface area contributed by atoms with E-state index in [1.807, 2.05) is 6.07 Å². The predicted molar refractivity (Wildman–Crippen MR) is 133 cm³/mol. The monoisotopic (exact) mass is 519 g/mol. The Morgan fingerprint density at radius 3 is 2.37 bits per heavy atom. The Balaban J connectivity index is 0.00000432. The zero-order valence-electron chi connectivity index (χ0n) is 19.5. The van der Waals surface area contributed by atoms with Crippen LogP contribution in [0.2, 0.25) is 0 Å². The van der Waals surface area contributed by atoms with Gasteiger partial charge in [0.15, 0.2) is 9.54 Å². The van der Waals surface area contributed by atoms with Gasteiger partial charge in [-0.25, -0.2) is 0 Å². The zero-order chi connectivity index (χ0) is 24.8. The number of nitrogens with one attached hydrogen (secondary N) is 3. The molecule has 9 nitrogen and oxygen atoms in total. The smallest absolute Gasteiger partial charge is 0.548 e. The van der Waals surface area contributed by atoms with Gasteiger partial charge in [-0.1, -0.05) is 12.6 Å². The number of nitrogens with zero attached hydrogens (tertiary/aromatic N) is 2. The van der Waals surface area contributed by atoms with Crippen molar-refractivity contribution in [3.8, 4) is 5.69 Å². The third kappa shape index (κ3) is 7.26. The molecule has 2 aromatic carbocycles.